The fourth-order valence-corrected chi connectivity index (χ4v) is 1.97. The Morgan fingerprint density at radius 2 is 1.74 bits per heavy atom. The van der Waals surface area contributed by atoms with E-state index < -0.39 is 0 Å². The monoisotopic (exact) mass is 263 g/mol. The van der Waals surface area contributed by atoms with Gasteiger partial charge in [0.1, 0.15) is 0 Å². The quantitative estimate of drug-likeness (QED) is 0.615. The van der Waals surface area contributed by atoms with Crippen molar-refractivity contribution in [3.8, 4) is 0 Å². The first kappa shape index (κ1) is 16.2. The van der Waals surface area contributed by atoms with Crippen LogP contribution < -0.4 is 5.32 Å². The van der Waals surface area contributed by atoms with Gasteiger partial charge in [-0.2, -0.15) is 0 Å². The van der Waals surface area contributed by atoms with Gasteiger partial charge in [-0.25, -0.2) is 0 Å². The molecule has 0 unspecified atom stereocenters. The van der Waals surface area contributed by atoms with Crippen LogP contribution in [0.5, 0.6) is 0 Å². The minimum atomic E-state index is 0.644. The van der Waals surface area contributed by atoms with E-state index in [1.807, 2.05) is 0 Å². The Kier molecular flexibility index (Phi) is 9.38. The van der Waals surface area contributed by atoms with Crippen molar-refractivity contribution in [3.05, 3.63) is 35.9 Å². The molecule has 0 heterocycles. The molecule has 0 saturated heterocycles. The van der Waals surface area contributed by atoms with Crippen molar-refractivity contribution in [3.63, 3.8) is 0 Å². The summed E-state index contributed by atoms with van der Waals surface area (Å²) in [6, 6.07) is 10.7. The summed E-state index contributed by atoms with van der Waals surface area (Å²) >= 11 is 0. The SMILES string of the molecule is CC(C)COCCCNCCCCc1ccccc1. The topological polar surface area (TPSA) is 21.3 Å². The van der Waals surface area contributed by atoms with Crippen LogP contribution in [0.1, 0.15) is 38.7 Å². The molecule has 0 spiro atoms. The average Bonchev–Trinajstić information content (AvgIpc) is 2.42. The predicted molar refractivity (Wildman–Crippen MR) is 82.5 cm³/mol. The van der Waals surface area contributed by atoms with Gasteiger partial charge in [0.15, 0.2) is 0 Å². The minimum Gasteiger partial charge on any atom is -0.381 e. The second-order valence-corrected chi connectivity index (χ2v) is 5.52. The number of hydrogen-bond acceptors (Lipinski definition) is 2. The number of ether oxygens (including phenoxy) is 1. The molecule has 0 saturated carbocycles. The highest BCUT2D eigenvalue weighted by atomic mass is 16.5. The summed E-state index contributed by atoms with van der Waals surface area (Å²) in [5.74, 6) is 0.644. The van der Waals surface area contributed by atoms with Crippen LogP contribution in [-0.4, -0.2) is 26.3 Å². The summed E-state index contributed by atoms with van der Waals surface area (Å²) in [7, 11) is 0. The lowest BCUT2D eigenvalue weighted by Gasteiger charge is -2.07. The fourth-order valence-electron chi connectivity index (χ4n) is 1.97. The number of nitrogens with one attached hydrogen (secondary N) is 1. The number of rotatable bonds is 11. The number of benzene rings is 1. The number of unbranched alkanes of at least 4 members (excludes halogenated alkanes) is 1. The Balaban J connectivity index is 1.81. The average molecular weight is 263 g/mol. The van der Waals surface area contributed by atoms with Crippen molar-refractivity contribution in [1.82, 2.24) is 5.32 Å². The van der Waals surface area contributed by atoms with E-state index in [9.17, 15) is 0 Å². The molecule has 1 rings (SSSR count). The van der Waals surface area contributed by atoms with Crippen molar-refractivity contribution >= 4 is 0 Å². The van der Waals surface area contributed by atoms with E-state index in [0.29, 0.717) is 5.92 Å². The molecule has 0 bridgehead atoms. The molecule has 0 aromatic heterocycles. The normalized spacial score (nSPS) is 11.1. The second-order valence-electron chi connectivity index (χ2n) is 5.52. The maximum Gasteiger partial charge on any atom is 0.0489 e. The van der Waals surface area contributed by atoms with Gasteiger partial charge in [-0.3, -0.25) is 0 Å². The molecule has 0 radical (unpaired) electrons. The Bertz CT molecular complexity index is 297. The number of aryl methyl sites for hydroxylation is 1. The summed E-state index contributed by atoms with van der Waals surface area (Å²) in [5, 5.41) is 3.48. The molecule has 1 aromatic rings. The van der Waals surface area contributed by atoms with Gasteiger partial charge in [-0.1, -0.05) is 44.2 Å². The van der Waals surface area contributed by atoms with Crippen molar-refractivity contribution in [2.24, 2.45) is 5.92 Å². The molecule has 1 N–H and O–H groups in total. The molecule has 2 nitrogen and oxygen atoms in total. The molecule has 2 heteroatoms. The van der Waals surface area contributed by atoms with Crippen LogP contribution >= 0.6 is 0 Å². The number of hydrogen-bond donors (Lipinski definition) is 1. The third kappa shape index (κ3) is 9.69. The van der Waals surface area contributed by atoms with Crippen LogP contribution in [0.3, 0.4) is 0 Å². The minimum absolute atomic E-state index is 0.644. The largest absolute Gasteiger partial charge is 0.381 e. The Hall–Kier alpha value is -0.860. The summed E-state index contributed by atoms with van der Waals surface area (Å²) in [4.78, 5) is 0. The van der Waals surface area contributed by atoms with Crippen molar-refractivity contribution in [2.45, 2.75) is 39.5 Å². The highest BCUT2D eigenvalue weighted by molar-refractivity contribution is 5.14. The molecule has 0 fully saturated rings. The first-order valence-corrected chi connectivity index (χ1v) is 7.61. The van der Waals surface area contributed by atoms with E-state index in [1.54, 1.807) is 0 Å². The molecule has 1 aromatic carbocycles. The second kappa shape index (κ2) is 11.0. The van der Waals surface area contributed by atoms with Crippen molar-refractivity contribution in [2.75, 3.05) is 26.3 Å². The fraction of sp³-hybridized carbons (Fsp3) is 0.647. The summed E-state index contributed by atoms with van der Waals surface area (Å²) < 4.78 is 5.54. The van der Waals surface area contributed by atoms with Crippen molar-refractivity contribution < 1.29 is 4.74 Å². The lowest BCUT2D eigenvalue weighted by Crippen LogP contribution is -2.18. The summed E-state index contributed by atoms with van der Waals surface area (Å²) in [5.41, 5.74) is 1.45. The molecule has 0 atom stereocenters. The van der Waals surface area contributed by atoms with E-state index in [1.165, 1.54) is 24.8 Å². The first-order chi connectivity index (χ1) is 9.29. The van der Waals surface area contributed by atoms with Gasteiger partial charge in [0.25, 0.3) is 0 Å². The summed E-state index contributed by atoms with van der Waals surface area (Å²) in [6.07, 6.45) is 4.83. The molecule has 0 aliphatic carbocycles. The predicted octanol–water partition coefficient (Wildman–Crippen LogP) is 3.66. The summed E-state index contributed by atoms with van der Waals surface area (Å²) in [6.45, 7) is 8.34. The van der Waals surface area contributed by atoms with Crippen LogP contribution in [-0.2, 0) is 11.2 Å². The maximum atomic E-state index is 5.54. The van der Waals surface area contributed by atoms with Crippen LogP contribution in [0.25, 0.3) is 0 Å². The molecule has 0 aliphatic rings. The van der Waals surface area contributed by atoms with Gasteiger partial charge in [0.05, 0.1) is 0 Å². The van der Waals surface area contributed by atoms with Gasteiger partial charge in [-0.15, -0.1) is 0 Å². The first-order valence-electron chi connectivity index (χ1n) is 7.61. The lowest BCUT2D eigenvalue weighted by atomic mass is 10.1. The third-order valence-electron chi connectivity index (χ3n) is 3.01. The third-order valence-corrected chi connectivity index (χ3v) is 3.01. The van der Waals surface area contributed by atoms with Gasteiger partial charge < -0.3 is 10.1 Å². The van der Waals surface area contributed by atoms with Gasteiger partial charge in [0.2, 0.25) is 0 Å². The Morgan fingerprint density at radius 1 is 1.00 bits per heavy atom. The van der Waals surface area contributed by atoms with E-state index in [4.69, 9.17) is 4.74 Å². The van der Waals surface area contributed by atoms with E-state index >= 15 is 0 Å². The van der Waals surface area contributed by atoms with Crippen molar-refractivity contribution in [1.29, 1.82) is 0 Å². The zero-order valence-corrected chi connectivity index (χ0v) is 12.5. The van der Waals surface area contributed by atoms with Crippen LogP contribution in [0.2, 0.25) is 0 Å². The van der Waals surface area contributed by atoms with Crippen LogP contribution in [0.15, 0.2) is 30.3 Å². The maximum absolute atomic E-state index is 5.54. The smallest absolute Gasteiger partial charge is 0.0489 e. The molecule has 19 heavy (non-hydrogen) atoms. The van der Waals surface area contributed by atoms with Crippen LogP contribution in [0.4, 0.5) is 0 Å². The zero-order chi connectivity index (χ0) is 13.8. The molecule has 0 amide bonds. The Morgan fingerprint density at radius 3 is 2.47 bits per heavy atom. The zero-order valence-electron chi connectivity index (χ0n) is 12.5. The van der Waals surface area contributed by atoms with E-state index in [2.05, 4.69) is 49.5 Å². The highest BCUT2D eigenvalue weighted by Crippen LogP contribution is 2.03. The van der Waals surface area contributed by atoms with Gasteiger partial charge in [-0.05, 0) is 50.3 Å². The van der Waals surface area contributed by atoms with Gasteiger partial charge in [0, 0.05) is 13.2 Å². The molecule has 0 aliphatic heterocycles. The van der Waals surface area contributed by atoms with E-state index in [0.717, 1.165) is 32.7 Å². The molecular weight excluding hydrogens is 234 g/mol. The van der Waals surface area contributed by atoms with E-state index in [-0.39, 0.29) is 0 Å². The van der Waals surface area contributed by atoms with Gasteiger partial charge >= 0.3 is 0 Å². The highest BCUT2D eigenvalue weighted by Gasteiger charge is 1.95. The van der Waals surface area contributed by atoms with Crippen LogP contribution in [0, 0.1) is 5.92 Å². The lowest BCUT2D eigenvalue weighted by molar-refractivity contribution is 0.108. The standard InChI is InChI=1S/C17H29NO/c1-16(2)15-19-14-8-13-18-12-7-6-11-17-9-4-3-5-10-17/h3-5,9-10,16,18H,6-8,11-15H2,1-2H3. The Labute approximate surface area is 118 Å². The molecular formula is C17H29NO. The molecule has 108 valence electrons.